The van der Waals surface area contributed by atoms with E-state index in [1.54, 1.807) is 42.5 Å². The molecule has 0 saturated carbocycles. The lowest BCUT2D eigenvalue weighted by atomic mass is 10.1. The Morgan fingerprint density at radius 3 is 2.23 bits per heavy atom. The first-order valence-corrected chi connectivity index (χ1v) is 8.20. The number of sulfonamides is 1. The maximum absolute atomic E-state index is 12.2. The van der Waals surface area contributed by atoms with Gasteiger partial charge in [-0.25, -0.2) is 13.1 Å². The Kier molecular flexibility index (Phi) is 4.95. The van der Waals surface area contributed by atoms with Crippen LogP contribution in [0.1, 0.15) is 11.1 Å². The third-order valence-corrected chi connectivity index (χ3v) is 4.68. The summed E-state index contributed by atoms with van der Waals surface area (Å²) in [5.74, 6) is -1.46. The summed E-state index contributed by atoms with van der Waals surface area (Å²) in [5.41, 5.74) is 1.63. The van der Waals surface area contributed by atoms with Gasteiger partial charge in [-0.15, -0.1) is 0 Å². The normalized spacial score (nSPS) is 12.8. The molecule has 2 aromatic carbocycles. The van der Waals surface area contributed by atoms with E-state index in [-0.39, 0.29) is 11.3 Å². The fraction of sp³-hybridized carbons (Fsp3) is 0.188. The first-order chi connectivity index (χ1) is 10.4. The molecule has 2 rings (SSSR count). The Morgan fingerprint density at radius 1 is 1.09 bits per heavy atom. The van der Waals surface area contributed by atoms with Gasteiger partial charge in [-0.1, -0.05) is 48.0 Å². The Bertz CT molecular complexity index is 739. The largest absolute Gasteiger partial charge is 0.548 e. The van der Waals surface area contributed by atoms with E-state index in [0.29, 0.717) is 5.56 Å². The summed E-state index contributed by atoms with van der Waals surface area (Å²) in [6, 6.07) is 13.6. The number of carbonyl (C=O) groups excluding carboxylic acids is 1. The van der Waals surface area contributed by atoms with Crippen molar-refractivity contribution in [1.82, 2.24) is 4.72 Å². The minimum absolute atomic E-state index is 0.0221. The van der Waals surface area contributed by atoms with Crippen molar-refractivity contribution in [3.05, 3.63) is 65.7 Å². The van der Waals surface area contributed by atoms with Crippen LogP contribution in [0.3, 0.4) is 0 Å². The SMILES string of the molecule is Cc1ccc(S(=O)(=O)NC(Cc2ccccc2)C(=O)[O-])cc1. The number of nitrogens with one attached hydrogen (secondary N) is 1. The van der Waals surface area contributed by atoms with Crippen molar-refractivity contribution >= 4 is 16.0 Å². The lowest BCUT2D eigenvalue weighted by Gasteiger charge is -2.20. The second-order valence-corrected chi connectivity index (χ2v) is 6.71. The zero-order valence-corrected chi connectivity index (χ0v) is 12.8. The molecule has 0 aliphatic carbocycles. The van der Waals surface area contributed by atoms with Gasteiger partial charge in [-0.3, -0.25) is 0 Å². The van der Waals surface area contributed by atoms with Gasteiger partial charge >= 0.3 is 0 Å². The highest BCUT2D eigenvalue weighted by Crippen LogP contribution is 2.12. The predicted octanol–water partition coefficient (Wildman–Crippen LogP) is 0.635. The van der Waals surface area contributed by atoms with Crippen molar-refractivity contribution in [2.75, 3.05) is 0 Å². The summed E-state index contributed by atoms with van der Waals surface area (Å²) in [6.07, 6.45) is 0.0221. The van der Waals surface area contributed by atoms with Crippen molar-refractivity contribution in [1.29, 1.82) is 0 Å². The highest BCUT2D eigenvalue weighted by molar-refractivity contribution is 7.89. The van der Waals surface area contributed by atoms with Crippen LogP contribution in [0.4, 0.5) is 0 Å². The lowest BCUT2D eigenvalue weighted by Crippen LogP contribution is -2.49. The van der Waals surface area contributed by atoms with Crippen LogP contribution in [0.15, 0.2) is 59.5 Å². The number of carboxylic acid groups (broad SMARTS) is 1. The van der Waals surface area contributed by atoms with Crippen LogP contribution in [-0.2, 0) is 21.2 Å². The van der Waals surface area contributed by atoms with E-state index < -0.39 is 22.0 Å². The van der Waals surface area contributed by atoms with Gasteiger partial charge in [0.2, 0.25) is 10.0 Å². The van der Waals surface area contributed by atoms with Gasteiger partial charge < -0.3 is 9.90 Å². The van der Waals surface area contributed by atoms with E-state index in [9.17, 15) is 18.3 Å². The molecule has 0 bridgehead atoms. The van der Waals surface area contributed by atoms with Crippen molar-refractivity contribution in [3.8, 4) is 0 Å². The van der Waals surface area contributed by atoms with Gasteiger partial charge in [0, 0.05) is 0 Å². The van der Waals surface area contributed by atoms with Crippen molar-refractivity contribution in [2.24, 2.45) is 0 Å². The lowest BCUT2D eigenvalue weighted by molar-refractivity contribution is -0.307. The summed E-state index contributed by atoms with van der Waals surface area (Å²) < 4.78 is 26.7. The maximum Gasteiger partial charge on any atom is 0.241 e. The average Bonchev–Trinajstić information content (AvgIpc) is 2.48. The topological polar surface area (TPSA) is 86.3 Å². The van der Waals surface area contributed by atoms with Crippen LogP contribution < -0.4 is 9.83 Å². The molecular formula is C16H16NO4S-. The molecule has 1 unspecified atom stereocenters. The number of carbonyl (C=O) groups is 1. The molecule has 1 N–H and O–H groups in total. The summed E-state index contributed by atoms with van der Waals surface area (Å²) in [7, 11) is -3.91. The van der Waals surface area contributed by atoms with Crippen molar-refractivity contribution in [2.45, 2.75) is 24.3 Å². The highest BCUT2D eigenvalue weighted by atomic mass is 32.2. The Hall–Kier alpha value is -2.18. The molecule has 0 amide bonds. The van der Waals surface area contributed by atoms with Gasteiger partial charge in [0.15, 0.2) is 0 Å². The molecule has 22 heavy (non-hydrogen) atoms. The van der Waals surface area contributed by atoms with E-state index >= 15 is 0 Å². The Labute approximate surface area is 129 Å². The number of aliphatic carboxylic acids is 1. The summed E-state index contributed by atoms with van der Waals surface area (Å²) in [5, 5.41) is 11.2. The van der Waals surface area contributed by atoms with Crippen molar-refractivity contribution in [3.63, 3.8) is 0 Å². The number of hydrogen-bond donors (Lipinski definition) is 1. The second kappa shape index (κ2) is 6.72. The molecule has 0 radical (unpaired) electrons. The molecule has 5 nitrogen and oxygen atoms in total. The summed E-state index contributed by atoms with van der Waals surface area (Å²) in [4.78, 5) is 11.3. The van der Waals surface area contributed by atoms with Crippen LogP contribution >= 0.6 is 0 Å². The van der Waals surface area contributed by atoms with Gasteiger partial charge in [0.25, 0.3) is 0 Å². The van der Waals surface area contributed by atoms with E-state index in [4.69, 9.17) is 0 Å². The average molecular weight is 318 g/mol. The Balaban J connectivity index is 2.20. The van der Waals surface area contributed by atoms with Gasteiger partial charge in [0.1, 0.15) is 0 Å². The molecule has 0 aliphatic heterocycles. The van der Waals surface area contributed by atoms with Crippen molar-refractivity contribution < 1.29 is 18.3 Å². The molecule has 116 valence electrons. The number of benzene rings is 2. The molecule has 0 heterocycles. The van der Waals surface area contributed by atoms with Crippen LogP contribution in [0.5, 0.6) is 0 Å². The first-order valence-electron chi connectivity index (χ1n) is 6.72. The zero-order valence-electron chi connectivity index (χ0n) is 12.0. The van der Waals surface area contributed by atoms with Gasteiger partial charge in [-0.2, -0.15) is 0 Å². The van der Waals surface area contributed by atoms with Gasteiger partial charge in [0.05, 0.1) is 16.9 Å². The first kappa shape index (κ1) is 16.2. The predicted molar refractivity (Wildman–Crippen MR) is 80.4 cm³/mol. The van der Waals surface area contributed by atoms with Crippen LogP contribution in [-0.4, -0.2) is 20.4 Å². The number of carboxylic acids is 1. The molecule has 0 saturated heterocycles. The van der Waals surface area contributed by atoms with Gasteiger partial charge in [-0.05, 0) is 31.0 Å². The fourth-order valence-corrected chi connectivity index (χ4v) is 3.18. The van der Waals surface area contributed by atoms with E-state index in [1.165, 1.54) is 12.1 Å². The third-order valence-electron chi connectivity index (χ3n) is 3.20. The van der Waals surface area contributed by atoms with E-state index in [0.717, 1.165) is 5.56 Å². The standard InChI is InChI=1S/C16H17NO4S/c1-12-7-9-14(10-8-12)22(20,21)17-15(16(18)19)11-13-5-3-2-4-6-13/h2-10,15,17H,11H2,1H3,(H,18,19)/p-1. The number of hydrogen-bond acceptors (Lipinski definition) is 4. The fourth-order valence-electron chi connectivity index (χ4n) is 2.00. The highest BCUT2D eigenvalue weighted by Gasteiger charge is 2.21. The molecular weight excluding hydrogens is 302 g/mol. The second-order valence-electron chi connectivity index (χ2n) is 5.00. The minimum atomic E-state index is -3.91. The van der Waals surface area contributed by atoms with E-state index in [1.807, 2.05) is 6.92 Å². The Morgan fingerprint density at radius 2 is 1.68 bits per heavy atom. The number of rotatable bonds is 6. The molecule has 0 aliphatic rings. The van der Waals surface area contributed by atoms with E-state index in [2.05, 4.69) is 4.72 Å². The smallest absolute Gasteiger partial charge is 0.241 e. The molecule has 0 aromatic heterocycles. The zero-order chi connectivity index (χ0) is 16.2. The minimum Gasteiger partial charge on any atom is -0.548 e. The number of aryl methyl sites for hydroxylation is 1. The monoisotopic (exact) mass is 318 g/mol. The molecule has 0 fully saturated rings. The third kappa shape index (κ3) is 4.16. The summed E-state index contributed by atoms with van der Waals surface area (Å²) in [6.45, 7) is 1.84. The van der Waals surface area contributed by atoms with Crippen LogP contribution in [0.2, 0.25) is 0 Å². The quantitative estimate of drug-likeness (QED) is 0.846. The summed E-state index contributed by atoms with van der Waals surface area (Å²) >= 11 is 0. The van der Waals surface area contributed by atoms with Crippen LogP contribution in [0, 0.1) is 6.92 Å². The maximum atomic E-state index is 12.2. The van der Waals surface area contributed by atoms with Crippen LogP contribution in [0.25, 0.3) is 0 Å². The molecule has 1 atom stereocenters. The molecule has 2 aromatic rings. The molecule has 0 spiro atoms. The molecule has 6 heteroatoms.